The van der Waals surface area contributed by atoms with Crippen LogP contribution in [0.15, 0.2) is 48.5 Å². The number of nitrogens with one attached hydrogen (secondary N) is 1. The number of rotatable bonds is 7. The molecule has 0 aliphatic heterocycles. The van der Waals surface area contributed by atoms with E-state index in [4.69, 9.17) is 16.3 Å². The quantitative estimate of drug-likeness (QED) is 0.620. The van der Waals surface area contributed by atoms with Crippen LogP contribution in [0.1, 0.15) is 12.5 Å². The Morgan fingerprint density at radius 3 is 2.50 bits per heavy atom. The average Bonchev–Trinajstić information content (AvgIpc) is 2.59. The summed E-state index contributed by atoms with van der Waals surface area (Å²) in [6.45, 7) is 2.00. The lowest BCUT2D eigenvalue weighted by molar-refractivity contribution is -0.137. The van der Waals surface area contributed by atoms with Crippen LogP contribution in [0, 0.1) is 0 Å². The van der Waals surface area contributed by atoms with E-state index in [1.807, 2.05) is 0 Å². The van der Waals surface area contributed by atoms with Gasteiger partial charge in [-0.2, -0.15) is 13.2 Å². The number of alkyl halides is 3. The highest BCUT2D eigenvalue weighted by Crippen LogP contribution is 2.34. The molecule has 0 aliphatic rings. The Hall–Kier alpha value is -1.86. The summed E-state index contributed by atoms with van der Waals surface area (Å²) in [5, 5.41) is 2.43. The highest BCUT2D eigenvalue weighted by molar-refractivity contribution is 8.00. The zero-order valence-electron chi connectivity index (χ0n) is 13.8. The summed E-state index contributed by atoms with van der Waals surface area (Å²) in [6.07, 6.45) is -4.52. The first-order chi connectivity index (χ1) is 12.3. The molecule has 2 aromatic carbocycles. The summed E-state index contributed by atoms with van der Waals surface area (Å²) >= 11 is 7.08. The molecule has 0 spiro atoms. The molecular weight excluding hydrogens is 387 g/mol. The van der Waals surface area contributed by atoms with Gasteiger partial charge in [-0.3, -0.25) is 4.79 Å². The van der Waals surface area contributed by atoms with Crippen LogP contribution in [0.3, 0.4) is 0 Å². The monoisotopic (exact) mass is 403 g/mol. The molecular formula is C18H17ClF3NO2S. The maximum Gasteiger partial charge on any atom is 0.418 e. The number of para-hydroxylation sites is 1. The molecule has 0 saturated carbocycles. The van der Waals surface area contributed by atoms with Crippen LogP contribution < -0.4 is 10.1 Å². The van der Waals surface area contributed by atoms with Crippen LogP contribution in [0.4, 0.5) is 18.9 Å². The average molecular weight is 404 g/mol. The van der Waals surface area contributed by atoms with Gasteiger partial charge in [-0.05, 0) is 43.3 Å². The van der Waals surface area contributed by atoms with Crippen molar-refractivity contribution < 1.29 is 22.7 Å². The number of carbonyl (C=O) groups is 1. The van der Waals surface area contributed by atoms with Crippen LogP contribution in [0.2, 0.25) is 5.02 Å². The van der Waals surface area contributed by atoms with Crippen LogP contribution >= 0.6 is 23.4 Å². The first kappa shape index (κ1) is 20.5. The maximum absolute atomic E-state index is 13.0. The Morgan fingerprint density at radius 2 is 1.85 bits per heavy atom. The number of halogens is 4. The number of thioether (sulfide) groups is 1. The molecule has 2 rings (SSSR count). The fourth-order valence-corrected chi connectivity index (χ4v) is 2.93. The molecule has 8 heteroatoms. The third-order valence-corrected chi connectivity index (χ3v) is 4.76. The number of hydrogen-bond acceptors (Lipinski definition) is 3. The van der Waals surface area contributed by atoms with Gasteiger partial charge in [0.15, 0.2) is 0 Å². The number of carbonyl (C=O) groups excluding carboxylic acids is 1. The van der Waals surface area contributed by atoms with Gasteiger partial charge >= 0.3 is 6.18 Å². The summed E-state index contributed by atoms with van der Waals surface area (Å²) in [5.41, 5.74) is -1.11. The standard InChI is InChI=1S/C18H17ClF3NO2S/c1-12(26-11-10-25-14-8-6-13(19)7-9-14)17(24)23-16-5-3-2-4-15(16)18(20,21)22/h2-9,12H,10-11H2,1H3,(H,23,24). The predicted molar refractivity (Wildman–Crippen MR) is 98.9 cm³/mol. The van der Waals surface area contributed by atoms with Crippen LogP contribution in [-0.2, 0) is 11.0 Å². The van der Waals surface area contributed by atoms with Crippen molar-refractivity contribution in [1.29, 1.82) is 0 Å². The van der Waals surface area contributed by atoms with E-state index in [0.29, 0.717) is 23.1 Å². The normalized spacial score (nSPS) is 12.5. The van der Waals surface area contributed by atoms with E-state index in [9.17, 15) is 18.0 Å². The lowest BCUT2D eigenvalue weighted by atomic mass is 10.1. The fourth-order valence-electron chi connectivity index (χ4n) is 2.06. The molecule has 1 amide bonds. The number of ether oxygens (including phenoxy) is 1. The number of benzene rings is 2. The van der Waals surface area contributed by atoms with Crippen LogP contribution in [-0.4, -0.2) is 23.5 Å². The lowest BCUT2D eigenvalue weighted by Crippen LogP contribution is -2.25. The smallest absolute Gasteiger partial charge is 0.418 e. The third kappa shape index (κ3) is 6.14. The molecule has 1 unspecified atom stereocenters. The highest BCUT2D eigenvalue weighted by Gasteiger charge is 2.33. The van der Waals surface area contributed by atoms with Crippen molar-refractivity contribution in [2.24, 2.45) is 0 Å². The molecule has 1 atom stereocenters. The predicted octanol–water partition coefficient (Wildman–Crippen LogP) is 5.50. The Morgan fingerprint density at radius 1 is 1.19 bits per heavy atom. The van der Waals surface area contributed by atoms with Crippen molar-refractivity contribution in [2.45, 2.75) is 18.3 Å². The molecule has 0 bridgehead atoms. The van der Waals surface area contributed by atoms with Crippen molar-refractivity contribution >= 4 is 35.0 Å². The number of hydrogen-bond donors (Lipinski definition) is 1. The highest BCUT2D eigenvalue weighted by atomic mass is 35.5. The molecule has 0 radical (unpaired) electrons. The van der Waals surface area contributed by atoms with E-state index in [2.05, 4.69) is 5.32 Å². The van der Waals surface area contributed by atoms with E-state index in [0.717, 1.165) is 6.07 Å². The van der Waals surface area contributed by atoms with Gasteiger partial charge in [-0.25, -0.2) is 0 Å². The minimum atomic E-state index is -4.52. The van der Waals surface area contributed by atoms with Crippen molar-refractivity contribution in [1.82, 2.24) is 0 Å². The Labute approximate surface area is 158 Å². The van der Waals surface area contributed by atoms with E-state index < -0.39 is 22.9 Å². The van der Waals surface area contributed by atoms with Crippen LogP contribution in [0.25, 0.3) is 0 Å². The molecule has 1 N–H and O–H groups in total. The first-order valence-corrected chi connectivity index (χ1v) is 9.17. The molecule has 3 nitrogen and oxygen atoms in total. The minimum absolute atomic E-state index is 0.241. The minimum Gasteiger partial charge on any atom is -0.493 e. The van der Waals surface area contributed by atoms with Gasteiger partial charge in [-0.15, -0.1) is 11.8 Å². The fraction of sp³-hybridized carbons (Fsp3) is 0.278. The Bertz CT molecular complexity index is 738. The summed E-state index contributed by atoms with van der Waals surface area (Å²) in [7, 11) is 0. The molecule has 0 heterocycles. The molecule has 2 aromatic rings. The molecule has 0 aromatic heterocycles. The van der Waals surface area contributed by atoms with Crippen molar-refractivity contribution in [3.05, 3.63) is 59.1 Å². The van der Waals surface area contributed by atoms with Crippen LogP contribution in [0.5, 0.6) is 5.75 Å². The topological polar surface area (TPSA) is 38.3 Å². The van der Waals surface area contributed by atoms with Gasteiger partial charge < -0.3 is 10.1 Å². The van der Waals surface area contributed by atoms with Gasteiger partial charge in [-0.1, -0.05) is 23.7 Å². The second-order valence-corrected chi connectivity index (χ2v) is 7.23. The number of anilines is 1. The molecule has 26 heavy (non-hydrogen) atoms. The van der Waals surface area contributed by atoms with Gasteiger partial charge in [0, 0.05) is 10.8 Å². The Kier molecular flexibility index (Phi) is 7.23. The third-order valence-electron chi connectivity index (χ3n) is 3.39. The largest absolute Gasteiger partial charge is 0.493 e. The second kappa shape index (κ2) is 9.19. The van der Waals surface area contributed by atoms with Crippen molar-refractivity contribution in [3.63, 3.8) is 0 Å². The summed E-state index contributed by atoms with van der Waals surface area (Å²) in [4.78, 5) is 12.1. The van der Waals surface area contributed by atoms with Gasteiger partial charge in [0.2, 0.25) is 5.91 Å². The molecule has 0 aliphatic carbocycles. The van der Waals surface area contributed by atoms with E-state index in [1.54, 1.807) is 31.2 Å². The van der Waals surface area contributed by atoms with E-state index in [-0.39, 0.29) is 5.69 Å². The zero-order valence-corrected chi connectivity index (χ0v) is 15.4. The summed E-state index contributed by atoms with van der Waals surface area (Å²) in [6, 6.07) is 11.8. The Balaban J connectivity index is 1.82. The van der Waals surface area contributed by atoms with E-state index in [1.165, 1.54) is 30.0 Å². The van der Waals surface area contributed by atoms with Gasteiger partial charge in [0.25, 0.3) is 0 Å². The summed E-state index contributed by atoms with van der Waals surface area (Å²) < 4.78 is 44.4. The maximum atomic E-state index is 13.0. The van der Waals surface area contributed by atoms with Gasteiger partial charge in [0.1, 0.15) is 5.75 Å². The second-order valence-electron chi connectivity index (χ2n) is 5.35. The zero-order chi connectivity index (χ0) is 19.2. The van der Waals surface area contributed by atoms with Crippen molar-refractivity contribution in [3.8, 4) is 5.75 Å². The van der Waals surface area contributed by atoms with E-state index >= 15 is 0 Å². The molecule has 0 saturated heterocycles. The SMILES string of the molecule is CC(SCCOc1ccc(Cl)cc1)C(=O)Nc1ccccc1C(F)(F)F. The lowest BCUT2D eigenvalue weighted by Gasteiger charge is -2.16. The molecule has 140 valence electrons. The van der Waals surface area contributed by atoms with Crippen molar-refractivity contribution in [2.75, 3.05) is 17.7 Å². The first-order valence-electron chi connectivity index (χ1n) is 7.74. The summed E-state index contributed by atoms with van der Waals surface area (Å²) in [5.74, 6) is 0.683. The molecule has 0 fully saturated rings. The van der Waals surface area contributed by atoms with Gasteiger partial charge in [0.05, 0.1) is 23.1 Å². The number of amides is 1.